The number of aromatic hydroxyl groups is 1. The van der Waals surface area contributed by atoms with Crippen molar-refractivity contribution in [2.45, 2.75) is 19.8 Å². The highest BCUT2D eigenvalue weighted by molar-refractivity contribution is 6.04. The van der Waals surface area contributed by atoms with Gasteiger partial charge in [0.15, 0.2) is 0 Å². The Morgan fingerprint density at radius 2 is 2.09 bits per heavy atom. The Morgan fingerprint density at radius 3 is 2.87 bits per heavy atom. The van der Waals surface area contributed by atoms with Gasteiger partial charge in [0.05, 0.1) is 5.71 Å². The van der Waals surface area contributed by atoms with E-state index in [1.54, 1.807) is 12.1 Å². The van der Waals surface area contributed by atoms with E-state index in [1.807, 2.05) is 6.07 Å². The first-order chi connectivity index (χ1) is 11.0. The van der Waals surface area contributed by atoms with Gasteiger partial charge in [-0.3, -0.25) is 4.79 Å². The van der Waals surface area contributed by atoms with Gasteiger partial charge >= 0.3 is 0 Å². The van der Waals surface area contributed by atoms with Gasteiger partial charge in [-0.2, -0.15) is 5.10 Å². The molecule has 0 fully saturated rings. The summed E-state index contributed by atoms with van der Waals surface area (Å²) in [6.07, 6.45) is 1.60. The van der Waals surface area contributed by atoms with E-state index in [1.165, 1.54) is 24.3 Å². The lowest BCUT2D eigenvalue weighted by Gasteiger charge is -2.23. The molecule has 1 aliphatic carbocycles. The van der Waals surface area contributed by atoms with E-state index in [2.05, 4.69) is 17.5 Å². The number of carbonyl (C=O) groups excluding carboxylic acids is 1. The fourth-order valence-electron chi connectivity index (χ4n) is 2.84. The van der Waals surface area contributed by atoms with Gasteiger partial charge in [-0.1, -0.05) is 13.0 Å². The van der Waals surface area contributed by atoms with E-state index in [9.17, 15) is 14.3 Å². The molecule has 23 heavy (non-hydrogen) atoms. The summed E-state index contributed by atoms with van der Waals surface area (Å²) in [4.78, 5) is 12.1. The Labute approximate surface area is 133 Å². The molecule has 0 radical (unpaired) electrons. The van der Waals surface area contributed by atoms with E-state index in [-0.39, 0.29) is 11.3 Å². The molecule has 3 rings (SSSR count). The molecule has 2 N–H and O–H groups in total. The van der Waals surface area contributed by atoms with E-state index in [4.69, 9.17) is 0 Å². The Morgan fingerprint density at radius 1 is 1.26 bits per heavy atom. The maximum absolute atomic E-state index is 13.2. The van der Waals surface area contributed by atoms with Crippen LogP contribution in [0, 0.1) is 11.7 Å². The molecule has 1 atom stereocenters. The topological polar surface area (TPSA) is 61.7 Å². The summed E-state index contributed by atoms with van der Waals surface area (Å²) in [6, 6.07) is 10.6. The zero-order valence-corrected chi connectivity index (χ0v) is 12.7. The number of amides is 1. The number of hydrogen-bond donors (Lipinski definition) is 2. The molecule has 2 aromatic rings. The minimum Gasteiger partial charge on any atom is -0.508 e. The van der Waals surface area contributed by atoms with Crippen molar-refractivity contribution in [3.05, 3.63) is 65.0 Å². The molecule has 1 amide bonds. The molecule has 0 aliphatic heterocycles. The molecule has 5 heteroatoms. The van der Waals surface area contributed by atoms with Crippen molar-refractivity contribution in [2.75, 3.05) is 0 Å². The Bertz CT molecular complexity index is 786. The zero-order chi connectivity index (χ0) is 16.4. The molecule has 1 aliphatic rings. The molecule has 0 saturated carbocycles. The summed E-state index contributed by atoms with van der Waals surface area (Å²) in [5.41, 5.74) is 5.43. The fourth-order valence-corrected chi connectivity index (χ4v) is 2.84. The highest BCUT2D eigenvalue weighted by Crippen LogP contribution is 2.28. The number of hydrogen-bond acceptors (Lipinski definition) is 3. The van der Waals surface area contributed by atoms with Crippen LogP contribution in [0.25, 0.3) is 0 Å². The number of fused-ring (bicyclic) bond motifs is 1. The van der Waals surface area contributed by atoms with E-state index < -0.39 is 11.7 Å². The predicted octanol–water partition coefficient (Wildman–Crippen LogP) is 3.25. The Kier molecular flexibility index (Phi) is 4.10. The van der Waals surface area contributed by atoms with Crippen molar-refractivity contribution in [1.29, 1.82) is 0 Å². The maximum Gasteiger partial charge on any atom is 0.271 e. The molecule has 1 unspecified atom stereocenters. The summed E-state index contributed by atoms with van der Waals surface area (Å²) >= 11 is 0. The molecule has 4 nitrogen and oxygen atoms in total. The number of benzene rings is 2. The first-order valence-electron chi connectivity index (χ1n) is 7.47. The second-order valence-electron chi connectivity index (χ2n) is 5.86. The van der Waals surface area contributed by atoms with Gasteiger partial charge in [0.1, 0.15) is 11.6 Å². The van der Waals surface area contributed by atoms with Crippen LogP contribution in [0.15, 0.2) is 47.6 Å². The van der Waals surface area contributed by atoms with Gasteiger partial charge in [0.25, 0.3) is 5.91 Å². The third-order valence-electron chi connectivity index (χ3n) is 3.89. The van der Waals surface area contributed by atoms with Crippen LogP contribution >= 0.6 is 0 Å². The van der Waals surface area contributed by atoms with E-state index in [0.29, 0.717) is 5.92 Å². The second kappa shape index (κ2) is 6.20. The van der Waals surface area contributed by atoms with Crippen LogP contribution in [-0.4, -0.2) is 16.7 Å². The number of rotatable bonds is 2. The van der Waals surface area contributed by atoms with Crippen LogP contribution in [0.2, 0.25) is 0 Å². The summed E-state index contributed by atoms with van der Waals surface area (Å²) in [5.74, 6) is -0.317. The van der Waals surface area contributed by atoms with Gasteiger partial charge in [0.2, 0.25) is 0 Å². The van der Waals surface area contributed by atoms with Gasteiger partial charge in [0, 0.05) is 11.1 Å². The molecule has 0 saturated heterocycles. The molecular weight excluding hydrogens is 295 g/mol. The lowest BCUT2D eigenvalue weighted by molar-refractivity contribution is 0.0954. The number of nitrogens with one attached hydrogen (secondary N) is 1. The highest BCUT2D eigenvalue weighted by Gasteiger charge is 2.21. The standard InChI is InChI=1S/C18H17FN2O2/c1-11-7-13-10-15(22)5-6-16(13)17(8-11)20-21-18(23)12-3-2-4-14(19)9-12/h2-6,9-11,22H,7-8H2,1H3,(H,21,23)/b20-17-. The van der Waals surface area contributed by atoms with Gasteiger partial charge in [-0.15, -0.1) is 0 Å². The number of halogens is 1. The molecule has 2 aromatic carbocycles. The predicted molar refractivity (Wildman–Crippen MR) is 86.0 cm³/mol. The lowest BCUT2D eigenvalue weighted by atomic mass is 9.83. The second-order valence-corrected chi connectivity index (χ2v) is 5.86. The van der Waals surface area contributed by atoms with Crippen LogP contribution < -0.4 is 5.43 Å². The normalized spacial score (nSPS) is 18.5. The summed E-state index contributed by atoms with van der Waals surface area (Å²) in [7, 11) is 0. The van der Waals surface area contributed by atoms with Crippen LogP contribution in [0.4, 0.5) is 4.39 Å². The molecular formula is C18H17FN2O2. The first kappa shape index (κ1) is 15.2. The third kappa shape index (κ3) is 3.39. The minimum atomic E-state index is -0.461. The van der Waals surface area contributed by atoms with Crippen molar-refractivity contribution >= 4 is 11.6 Å². The summed E-state index contributed by atoms with van der Waals surface area (Å²) in [6.45, 7) is 2.09. The maximum atomic E-state index is 13.2. The molecule has 0 heterocycles. The Hall–Kier alpha value is -2.69. The first-order valence-corrected chi connectivity index (χ1v) is 7.47. The largest absolute Gasteiger partial charge is 0.508 e. The Balaban J connectivity index is 1.84. The number of phenols is 1. The fraction of sp³-hybridized carbons (Fsp3) is 0.222. The number of nitrogens with zero attached hydrogens (tertiary/aromatic N) is 1. The van der Waals surface area contributed by atoms with E-state index >= 15 is 0 Å². The summed E-state index contributed by atoms with van der Waals surface area (Å²) < 4.78 is 13.2. The molecule has 0 aromatic heterocycles. The van der Waals surface area contributed by atoms with Gasteiger partial charge < -0.3 is 5.11 Å². The van der Waals surface area contributed by atoms with Crippen LogP contribution in [0.3, 0.4) is 0 Å². The lowest BCUT2D eigenvalue weighted by Crippen LogP contribution is -2.24. The highest BCUT2D eigenvalue weighted by atomic mass is 19.1. The van der Waals surface area contributed by atoms with Crippen molar-refractivity contribution in [3.63, 3.8) is 0 Å². The van der Waals surface area contributed by atoms with Crippen molar-refractivity contribution in [2.24, 2.45) is 11.0 Å². The monoisotopic (exact) mass is 312 g/mol. The SMILES string of the molecule is CC1C/C(=N/NC(=O)c2cccc(F)c2)c2ccc(O)cc2C1. The summed E-state index contributed by atoms with van der Waals surface area (Å²) in [5, 5.41) is 13.8. The number of hydrazone groups is 1. The van der Waals surface area contributed by atoms with Crippen LogP contribution in [-0.2, 0) is 6.42 Å². The average molecular weight is 312 g/mol. The number of carbonyl (C=O) groups is 1. The zero-order valence-electron chi connectivity index (χ0n) is 12.7. The smallest absolute Gasteiger partial charge is 0.271 e. The third-order valence-corrected chi connectivity index (χ3v) is 3.89. The van der Waals surface area contributed by atoms with Gasteiger partial charge in [-0.25, -0.2) is 9.82 Å². The van der Waals surface area contributed by atoms with Crippen LogP contribution in [0.5, 0.6) is 5.75 Å². The quantitative estimate of drug-likeness (QED) is 0.836. The molecule has 0 spiro atoms. The van der Waals surface area contributed by atoms with Gasteiger partial charge in [-0.05, 0) is 60.7 Å². The van der Waals surface area contributed by atoms with Crippen molar-refractivity contribution < 1.29 is 14.3 Å². The van der Waals surface area contributed by atoms with Crippen molar-refractivity contribution in [3.8, 4) is 5.75 Å². The van der Waals surface area contributed by atoms with E-state index in [0.717, 1.165) is 29.7 Å². The number of phenolic OH excluding ortho intramolecular Hbond substituents is 1. The van der Waals surface area contributed by atoms with Crippen molar-refractivity contribution in [1.82, 2.24) is 5.43 Å². The molecule has 118 valence electrons. The average Bonchev–Trinajstić information content (AvgIpc) is 2.51. The van der Waals surface area contributed by atoms with Crippen LogP contribution in [0.1, 0.15) is 34.8 Å². The molecule has 0 bridgehead atoms. The minimum absolute atomic E-state index is 0.223.